The molecule has 0 saturated heterocycles. The molecule has 20 heavy (non-hydrogen) atoms. The molecular weight excluding hydrogens is 257 g/mol. The van der Waals surface area contributed by atoms with Crippen LogP contribution >= 0.6 is 0 Å². The summed E-state index contributed by atoms with van der Waals surface area (Å²) < 4.78 is 20.9. The molecule has 0 fully saturated rings. The van der Waals surface area contributed by atoms with Gasteiger partial charge in [0.25, 0.3) is 0 Å². The van der Waals surface area contributed by atoms with Crippen molar-refractivity contribution in [1.29, 1.82) is 0 Å². The van der Waals surface area contributed by atoms with Crippen LogP contribution in [0, 0.1) is 5.82 Å². The van der Waals surface area contributed by atoms with Crippen molar-refractivity contribution in [3.05, 3.63) is 54.0 Å². The molecule has 0 unspecified atom stereocenters. The maximum Gasteiger partial charge on any atom is 0.167 e. The number of benzene rings is 2. The van der Waals surface area contributed by atoms with Crippen molar-refractivity contribution in [2.45, 2.75) is 6.61 Å². The van der Waals surface area contributed by atoms with E-state index in [4.69, 9.17) is 10.5 Å². The molecule has 2 N–H and O–H groups in total. The quantitative estimate of drug-likeness (QED) is 0.745. The number of hydrogen-bond donors (Lipinski definition) is 1. The van der Waals surface area contributed by atoms with Gasteiger partial charge in [0.2, 0.25) is 0 Å². The van der Waals surface area contributed by atoms with Gasteiger partial charge >= 0.3 is 0 Å². The van der Waals surface area contributed by atoms with E-state index in [1.54, 1.807) is 10.7 Å². The largest absolute Gasteiger partial charge is 0.484 e. The van der Waals surface area contributed by atoms with Crippen LogP contribution in [0.15, 0.2) is 42.5 Å². The summed E-state index contributed by atoms with van der Waals surface area (Å²) in [4.78, 5) is 0. The number of para-hydroxylation sites is 1. The van der Waals surface area contributed by atoms with Gasteiger partial charge in [-0.05, 0) is 18.2 Å². The summed E-state index contributed by atoms with van der Waals surface area (Å²) in [6.45, 7) is 0.211. The van der Waals surface area contributed by atoms with Gasteiger partial charge in [0.1, 0.15) is 12.3 Å². The average Bonchev–Trinajstić information content (AvgIpc) is 2.75. The second-order valence-electron chi connectivity index (χ2n) is 4.57. The van der Waals surface area contributed by atoms with E-state index in [2.05, 4.69) is 5.10 Å². The molecule has 1 heterocycles. The molecule has 5 heteroatoms. The Morgan fingerprint density at radius 3 is 2.85 bits per heavy atom. The predicted octanol–water partition coefficient (Wildman–Crippen LogP) is 2.87. The van der Waals surface area contributed by atoms with Gasteiger partial charge in [-0.3, -0.25) is 4.68 Å². The van der Waals surface area contributed by atoms with Gasteiger partial charge in [-0.2, -0.15) is 5.10 Å². The molecule has 0 atom stereocenters. The van der Waals surface area contributed by atoms with Crippen LogP contribution in [0.3, 0.4) is 0 Å². The van der Waals surface area contributed by atoms with Crippen LogP contribution in [-0.4, -0.2) is 9.78 Å². The van der Waals surface area contributed by atoms with Crippen molar-refractivity contribution in [2.75, 3.05) is 5.73 Å². The summed E-state index contributed by atoms with van der Waals surface area (Å²) in [5.74, 6) is -0.292. The first-order chi connectivity index (χ1) is 9.65. The molecule has 0 spiro atoms. The summed E-state index contributed by atoms with van der Waals surface area (Å²) in [5.41, 5.74) is 7.67. The predicted molar refractivity (Wildman–Crippen MR) is 75.9 cm³/mol. The summed E-state index contributed by atoms with van der Waals surface area (Å²) in [6.07, 6.45) is 0. The zero-order valence-corrected chi connectivity index (χ0v) is 11.0. The Balaban J connectivity index is 1.87. The molecule has 0 aliphatic heterocycles. The maximum absolute atomic E-state index is 13.6. The first-order valence-electron chi connectivity index (χ1n) is 6.23. The van der Waals surface area contributed by atoms with Gasteiger partial charge in [-0.1, -0.05) is 18.2 Å². The smallest absolute Gasteiger partial charge is 0.167 e. The molecule has 4 nitrogen and oxygen atoms in total. The Hall–Kier alpha value is -2.56. The first-order valence-corrected chi connectivity index (χ1v) is 6.23. The SMILES string of the molecule is Cn1nc(COc2ccc(N)cc2F)c2ccccc21. The van der Waals surface area contributed by atoms with Gasteiger partial charge in [0.15, 0.2) is 11.6 Å². The Bertz CT molecular complexity index is 767. The lowest BCUT2D eigenvalue weighted by Crippen LogP contribution is -2.00. The number of nitrogen functional groups attached to an aromatic ring is 1. The minimum Gasteiger partial charge on any atom is -0.484 e. The van der Waals surface area contributed by atoms with E-state index < -0.39 is 5.82 Å². The molecule has 0 saturated carbocycles. The van der Waals surface area contributed by atoms with Crippen molar-refractivity contribution >= 4 is 16.6 Å². The molecule has 0 amide bonds. The number of anilines is 1. The van der Waals surface area contributed by atoms with Gasteiger partial charge in [0.05, 0.1) is 5.52 Å². The highest BCUT2D eigenvalue weighted by molar-refractivity contribution is 5.81. The Morgan fingerprint density at radius 2 is 2.05 bits per heavy atom. The fourth-order valence-corrected chi connectivity index (χ4v) is 2.18. The second kappa shape index (κ2) is 4.85. The molecule has 0 aliphatic rings. The zero-order chi connectivity index (χ0) is 14.1. The minimum absolute atomic E-state index is 0.175. The molecular formula is C15H14FN3O. The van der Waals surface area contributed by atoms with Crippen LogP contribution in [0.5, 0.6) is 5.75 Å². The number of aromatic nitrogens is 2. The van der Waals surface area contributed by atoms with E-state index in [0.717, 1.165) is 16.6 Å². The first kappa shape index (κ1) is 12.5. The molecule has 3 aromatic rings. The molecule has 0 radical (unpaired) electrons. The van der Waals surface area contributed by atoms with Crippen LogP contribution in [0.25, 0.3) is 10.9 Å². The van der Waals surface area contributed by atoms with E-state index in [-0.39, 0.29) is 12.4 Å². The topological polar surface area (TPSA) is 53.1 Å². The zero-order valence-electron chi connectivity index (χ0n) is 11.0. The second-order valence-corrected chi connectivity index (χ2v) is 4.57. The fourth-order valence-electron chi connectivity index (χ4n) is 2.18. The summed E-state index contributed by atoms with van der Waals surface area (Å²) in [7, 11) is 1.87. The summed E-state index contributed by atoms with van der Waals surface area (Å²) >= 11 is 0. The van der Waals surface area contributed by atoms with Gasteiger partial charge in [-0.25, -0.2) is 4.39 Å². The van der Waals surface area contributed by atoms with E-state index in [9.17, 15) is 4.39 Å². The summed E-state index contributed by atoms with van der Waals surface area (Å²) in [6, 6.07) is 12.2. The van der Waals surface area contributed by atoms with Crippen molar-refractivity contribution < 1.29 is 9.13 Å². The van der Waals surface area contributed by atoms with Crippen LogP contribution in [0.2, 0.25) is 0 Å². The molecule has 1 aromatic heterocycles. The van der Waals surface area contributed by atoms with Crippen LogP contribution < -0.4 is 10.5 Å². The van der Waals surface area contributed by atoms with Crippen molar-refractivity contribution in [3.8, 4) is 5.75 Å². The lowest BCUT2D eigenvalue weighted by Gasteiger charge is -2.06. The number of hydrogen-bond acceptors (Lipinski definition) is 3. The van der Waals surface area contributed by atoms with E-state index in [1.807, 2.05) is 31.3 Å². The minimum atomic E-state index is -0.467. The third kappa shape index (κ3) is 2.18. The molecule has 102 valence electrons. The number of ether oxygens (including phenoxy) is 1. The molecule has 3 rings (SSSR count). The maximum atomic E-state index is 13.6. The number of aryl methyl sites for hydroxylation is 1. The molecule has 0 bridgehead atoms. The number of nitrogens with zero attached hydrogens (tertiary/aromatic N) is 2. The monoisotopic (exact) mass is 271 g/mol. The number of halogens is 1. The van der Waals surface area contributed by atoms with E-state index in [1.165, 1.54) is 12.1 Å². The Morgan fingerprint density at radius 1 is 1.25 bits per heavy atom. The third-order valence-electron chi connectivity index (χ3n) is 3.15. The van der Waals surface area contributed by atoms with E-state index >= 15 is 0 Å². The van der Waals surface area contributed by atoms with Gasteiger partial charge in [0, 0.05) is 24.2 Å². The third-order valence-corrected chi connectivity index (χ3v) is 3.15. The Kier molecular flexibility index (Phi) is 3.02. The highest BCUT2D eigenvalue weighted by Gasteiger charge is 2.10. The summed E-state index contributed by atoms with van der Waals surface area (Å²) in [5, 5.41) is 5.40. The van der Waals surface area contributed by atoms with Crippen molar-refractivity contribution in [3.63, 3.8) is 0 Å². The molecule has 2 aromatic carbocycles. The lowest BCUT2D eigenvalue weighted by atomic mass is 10.2. The highest BCUT2D eigenvalue weighted by Crippen LogP contribution is 2.22. The van der Waals surface area contributed by atoms with Gasteiger partial charge < -0.3 is 10.5 Å². The van der Waals surface area contributed by atoms with Crippen molar-refractivity contribution in [1.82, 2.24) is 9.78 Å². The number of nitrogens with two attached hydrogens (primary N) is 1. The van der Waals surface area contributed by atoms with Crippen LogP contribution in [0.1, 0.15) is 5.69 Å². The number of fused-ring (bicyclic) bond motifs is 1. The number of rotatable bonds is 3. The van der Waals surface area contributed by atoms with Crippen LogP contribution in [-0.2, 0) is 13.7 Å². The Labute approximate surface area is 115 Å². The fraction of sp³-hybridized carbons (Fsp3) is 0.133. The molecule has 0 aliphatic carbocycles. The highest BCUT2D eigenvalue weighted by atomic mass is 19.1. The van der Waals surface area contributed by atoms with Gasteiger partial charge in [-0.15, -0.1) is 0 Å². The normalized spacial score (nSPS) is 10.9. The average molecular weight is 271 g/mol. The van der Waals surface area contributed by atoms with Crippen molar-refractivity contribution in [2.24, 2.45) is 7.05 Å². The standard InChI is InChI=1S/C15H14FN3O/c1-19-14-5-3-2-4-11(14)13(18-19)9-20-15-7-6-10(17)8-12(15)16/h2-8H,9,17H2,1H3. The lowest BCUT2D eigenvalue weighted by molar-refractivity contribution is 0.286. The van der Waals surface area contributed by atoms with E-state index in [0.29, 0.717) is 5.69 Å². The van der Waals surface area contributed by atoms with Crippen LogP contribution in [0.4, 0.5) is 10.1 Å².